The summed E-state index contributed by atoms with van der Waals surface area (Å²) >= 11 is 7.31. The van der Waals surface area contributed by atoms with Gasteiger partial charge in [-0.15, -0.1) is 0 Å². The highest BCUT2D eigenvalue weighted by Crippen LogP contribution is 2.32. The van der Waals surface area contributed by atoms with E-state index < -0.39 is 9.84 Å². The zero-order valence-corrected chi connectivity index (χ0v) is 16.2. The molecular weight excluding hydrogens is 392 g/mol. The van der Waals surface area contributed by atoms with E-state index in [-0.39, 0.29) is 26.1 Å². The average molecular weight is 405 g/mol. The predicted molar refractivity (Wildman–Crippen MR) is 103 cm³/mol. The Bertz CT molecular complexity index is 1270. The maximum Gasteiger partial charge on any atom is 0.226 e. The summed E-state index contributed by atoms with van der Waals surface area (Å²) in [6.45, 7) is 1.66. The molecule has 0 fully saturated rings. The van der Waals surface area contributed by atoms with Crippen LogP contribution in [-0.2, 0) is 9.84 Å². The van der Waals surface area contributed by atoms with Crippen molar-refractivity contribution in [3.63, 3.8) is 0 Å². The minimum absolute atomic E-state index is 0.00248. The molecular formula is C17H13ClN4O2S2. The Morgan fingerprint density at radius 2 is 1.77 bits per heavy atom. The molecule has 0 amide bonds. The van der Waals surface area contributed by atoms with Gasteiger partial charge in [-0.25, -0.2) is 18.4 Å². The second kappa shape index (κ2) is 6.22. The summed E-state index contributed by atoms with van der Waals surface area (Å²) in [5, 5.41) is 6.22. The molecule has 26 heavy (non-hydrogen) atoms. The Morgan fingerprint density at radius 3 is 2.50 bits per heavy atom. The van der Waals surface area contributed by atoms with Crippen LogP contribution >= 0.6 is 23.5 Å². The van der Waals surface area contributed by atoms with Crippen LogP contribution in [0.1, 0.15) is 5.82 Å². The monoisotopic (exact) mass is 404 g/mol. The van der Waals surface area contributed by atoms with Gasteiger partial charge in [0.15, 0.2) is 15.7 Å². The highest BCUT2D eigenvalue weighted by atomic mass is 35.5. The molecule has 0 unspecified atom stereocenters. The number of nitrogens with zero attached hydrogens (tertiary/aromatic N) is 4. The topological polar surface area (TPSA) is 77.7 Å². The van der Waals surface area contributed by atoms with Gasteiger partial charge in [0.1, 0.15) is 11.3 Å². The van der Waals surface area contributed by atoms with Crippen LogP contribution in [0.15, 0.2) is 52.4 Å². The smallest absolute Gasteiger partial charge is 0.226 e. The van der Waals surface area contributed by atoms with Gasteiger partial charge in [-0.3, -0.25) is 0 Å². The number of hydrogen-bond acceptors (Lipinski definition) is 6. The van der Waals surface area contributed by atoms with Crippen LogP contribution < -0.4 is 0 Å². The maximum atomic E-state index is 13.4. The van der Waals surface area contributed by atoms with Crippen molar-refractivity contribution in [1.82, 2.24) is 19.2 Å². The minimum Gasteiger partial charge on any atom is -0.228 e. The summed E-state index contributed by atoms with van der Waals surface area (Å²) in [6, 6.07) is 12.6. The number of fused-ring (bicyclic) bond motifs is 2. The number of rotatable bonds is 3. The Labute approximate surface area is 159 Å². The predicted octanol–water partition coefficient (Wildman–Crippen LogP) is 3.90. The molecule has 0 spiro atoms. The van der Waals surface area contributed by atoms with Crippen LogP contribution in [0.25, 0.3) is 21.8 Å². The van der Waals surface area contributed by atoms with Crippen LogP contribution in [0.5, 0.6) is 0 Å². The molecule has 2 heterocycles. The summed E-state index contributed by atoms with van der Waals surface area (Å²) in [4.78, 5) is 8.53. The molecule has 0 aliphatic carbocycles. The van der Waals surface area contributed by atoms with E-state index in [1.54, 1.807) is 31.4 Å². The Morgan fingerprint density at radius 1 is 1.04 bits per heavy atom. The molecule has 0 radical (unpaired) electrons. The molecule has 2 aromatic heterocycles. The van der Waals surface area contributed by atoms with Crippen molar-refractivity contribution < 1.29 is 8.42 Å². The first-order valence-corrected chi connectivity index (χ1v) is 10.7. The fourth-order valence-electron chi connectivity index (χ4n) is 2.80. The highest BCUT2D eigenvalue weighted by molar-refractivity contribution is 7.98. The van der Waals surface area contributed by atoms with E-state index >= 15 is 0 Å². The van der Waals surface area contributed by atoms with E-state index in [0.29, 0.717) is 5.82 Å². The standard InChI is InChI=1S/C17H13ClN4O2S2/c1-10-19-15-14(16(18)20-10)21-22(25-2)17(15)26(23,24)13-8-7-11-5-3-4-6-12(11)9-13/h3-9H,1-2H3. The number of sulfone groups is 1. The summed E-state index contributed by atoms with van der Waals surface area (Å²) in [5.41, 5.74) is 0.496. The molecule has 6 nitrogen and oxygen atoms in total. The fraction of sp³-hybridized carbons (Fsp3) is 0.118. The lowest BCUT2D eigenvalue weighted by molar-refractivity contribution is 0.591. The highest BCUT2D eigenvalue weighted by Gasteiger charge is 2.29. The number of aryl methyl sites for hydroxylation is 1. The normalized spacial score (nSPS) is 12.1. The van der Waals surface area contributed by atoms with Crippen molar-refractivity contribution in [3.8, 4) is 0 Å². The van der Waals surface area contributed by atoms with Crippen molar-refractivity contribution in [1.29, 1.82) is 0 Å². The van der Waals surface area contributed by atoms with E-state index in [9.17, 15) is 8.42 Å². The van der Waals surface area contributed by atoms with Gasteiger partial charge in [-0.05, 0) is 41.8 Å². The summed E-state index contributed by atoms with van der Waals surface area (Å²) < 4.78 is 28.1. The van der Waals surface area contributed by atoms with Gasteiger partial charge in [0, 0.05) is 6.26 Å². The Balaban J connectivity index is 2.03. The van der Waals surface area contributed by atoms with Gasteiger partial charge in [0.25, 0.3) is 0 Å². The molecule has 0 aliphatic rings. The van der Waals surface area contributed by atoms with Crippen molar-refractivity contribution in [2.75, 3.05) is 6.26 Å². The fourth-order valence-corrected chi connectivity index (χ4v) is 5.38. The third-order valence-corrected chi connectivity index (χ3v) is 6.72. The van der Waals surface area contributed by atoms with Crippen molar-refractivity contribution in [2.24, 2.45) is 0 Å². The second-order valence-electron chi connectivity index (χ2n) is 5.63. The molecule has 0 bridgehead atoms. The average Bonchev–Trinajstić information content (AvgIpc) is 3.01. The van der Waals surface area contributed by atoms with E-state index in [4.69, 9.17) is 11.6 Å². The quantitative estimate of drug-likeness (QED) is 0.482. The maximum absolute atomic E-state index is 13.4. The lowest BCUT2D eigenvalue weighted by Crippen LogP contribution is -2.08. The first-order valence-electron chi connectivity index (χ1n) is 7.63. The van der Waals surface area contributed by atoms with Crippen LogP contribution in [0.3, 0.4) is 0 Å². The van der Waals surface area contributed by atoms with Gasteiger partial charge in [0.05, 0.1) is 4.90 Å². The van der Waals surface area contributed by atoms with Gasteiger partial charge >= 0.3 is 0 Å². The number of benzene rings is 2. The Kier molecular flexibility index (Phi) is 4.13. The van der Waals surface area contributed by atoms with Gasteiger partial charge in [-0.1, -0.05) is 41.9 Å². The minimum atomic E-state index is -3.86. The summed E-state index contributed by atoms with van der Waals surface area (Å²) in [7, 11) is -3.86. The molecule has 132 valence electrons. The zero-order chi connectivity index (χ0) is 18.5. The lowest BCUT2D eigenvalue weighted by atomic mass is 10.1. The van der Waals surface area contributed by atoms with Crippen LogP contribution in [0, 0.1) is 6.92 Å². The SMILES string of the molecule is CSn1nc2c(Cl)nc(C)nc2c1S(=O)(=O)c1ccc2ccccc2c1. The lowest BCUT2D eigenvalue weighted by Gasteiger charge is -2.07. The first kappa shape index (κ1) is 17.3. The Hall–Kier alpha value is -2.16. The van der Waals surface area contributed by atoms with E-state index in [1.807, 2.05) is 24.3 Å². The number of aromatic nitrogens is 4. The van der Waals surface area contributed by atoms with Gasteiger partial charge in [0.2, 0.25) is 9.84 Å². The number of hydrogen-bond donors (Lipinski definition) is 0. The third kappa shape index (κ3) is 2.65. The molecule has 0 atom stereocenters. The molecule has 2 aromatic carbocycles. The van der Waals surface area contributed by atoms with E-state index in [1.165, 1.54) is 4.09 Å². The van der Waals surface area contributed by atoms with Crippen molar-refractivity contribution in [3.05, 3.63) is 53.4 Å². The summed E-state index contributed by atoms with van der Waals surface area (Å²) in [5.74, 6) is 0.387. The number of halogens is 1. The molecule has 0 N–H and O–H groups in total. The molecule has 4 rings (SSSR count). The largest absolute Gasteiger partial charge is 0.228 e. The van der Waals surface area contributed by atoms with E-state index in [0.717, 1.165) is 22.7 Å². The molecule has 0 saturated heterocycles. The van der Waals surface area contributed by atoms with Gasteiger partial charge in [-0.2, -0.15) is 9.19 Å². The van der Waals surface area contributed by atoms with Gasteiger partial charge < -0.3 is 0 Å². The molecule has 0 aliphatic heterocycles. The van der Waals surface area contributed by atoms with E-state index in [2.05, 4.69) is 15.1 Å². The third-order valence-electron chi connectivity index (χ3n) is 3.98. The second-order valence-corrected chi connectivity index (χ2v) is 8.57. The molecule has 4 aromatic rings. The van der Waals surface area contributed by atoms with Crippen LogP contribution in [0.4, 0.5) is 0 Å². The van der Waals surface area contributed by atoms with Crippen molar-refractivity contribution >= 4 is 55.2 Å². The molecule has 9 heteroatoms. The van der Waals surface area contributed by atoms with Crippen LogP contribution in [-0.4, -0.2) is 33.8 Å². The summed E-state index contributed by atoms with van der Waals surface area (Å²) in [6.07, 6.45) is 1.74. The zero-order valence-electron chi connectivity index (χ0n) is 13.8. The first-order chi connectivity index (χ1) is 12.4. The molecule has 0 saturated carbocycles. The van der Waals surface area contributed by atoms with Crippen LogP contribution in [0.2, 0.25) is 5.15 Å². The van der Waals surface area contributed by atoms with Crippen molar-refractivity contribution in [2.45, 2.75) is 16.8 Å².